The van der Waals surface area contributed by atoms with Gasteiger partial charge in [-0.15, -0.1) is 0 Å². The SMILES string of the molecule is COc1cncc(-c2nc(C(F)(F)F)ccc2CNC(=O)C(C)c2ccc(C(N)S(C)(=O)=O)c(F)c2)c1. The molecule has 2 aromatic heterocycles. The monoisotopic (exact) mass is 540 g/mol. The third kappa shape index (κ3) is 6.60. The Hall–Kier alpha value is -3.58. The summed E-state index contributed by atoms with van der Waals surface area (Å²) < 4.78 is 82.8. The molecular formula is C24H24F4N4O4S. The van der Waals surface area contributed by atoms with Crippen molar-refractivity contribution in [3.63, 3.8) is 0 Å². The predicted octanol–water partition coefficient (Wildman–Crippen LogP) is 3.73. The predicted molar refractivity (Wildman–Crippen MR) is 127 cm³/mol. The smallest absolute Gasteiger partial charge is 0.433 e. The average Bonchev–Trinajstić information content (AvgIpc) is 2.85. The number of nitrogens with one attached hydrogen (secondary N) is 1. The lowest BCUT2D eigenvalue weighted by atomic mass is 9.98. The number of carbonyl (C=O) groups is 1. The van der Waals surface area contributed by atoms with Crippen LogP contribution in [0.1, 0.15) is 40.6 Å². The Kier molecular flexibility index (Phi) is 8.18. The number of amides is 1. The van der Waals surface area contributed by atoms with Gasteiger partial charge in [-0.1, -0.05) is 18.2 Å². The molecule has 2 atom stereocenters. The van der Waals surface area contributed by atoms with Crippen LogP contribution < -0.4 is 15.8 Å². The van der Waals surface area contributed by atoms with Crippen molar-refractivity contribution >= 4 is 15.7 Å². The molecule has 3 rings (SSSR count). The highest BCUT2D eigenvalue weighted by atomic mass is 32.2. The van der Waals surface area contributed by atoms with E-state index in [4.69, 9.17) is 10.5 Å². The number of hydrogen-bond donors (Lipinski definition) is 2. The molecule has 3 aromatic rings. The number of aromatic nitrogens is 2. The van der Waals surface area contributed by atoms with Crippen molar-refractivity contribution < 1.29 is 35.5 Å². The van der Waals surface area contributed by atoms with Gasteiger partial charge in [0, 0.05) is 30.1 Å². The fourth-order valence-electron chi connectivity index (χ4n) is 3.46. The first-order valence-electron chi connectivity index (χ1n) is 10.8. The number of carbonyl (C=O) groups excluding carboxylic acids is 1. The van der Waals surface area contributed by atoms with Crippen LogP contribution in [0.25, 0.3) is 11.3 Å². The van der Waals surface area contributed by atoms with Crippen LogP contribution in [-0.4, -0.2) is 37.7 Å². The molecule has 2 unspecified atom stereocenters. The van der Waals surface area contributed by atoms with Gasteiger partial charge in [-0.2, -0.15) is 13.2 Å². The van der Waals surface area contributed by atoms with Gasteiger partial charge in [0.15, 0.2) is 9.84 Å². The molecule has 8 nitrogen and oxygen atoms in total. The van der Waals surface area contributed by atoms with Crippen molar-refractivity contribution in [2.75, 3.05) is 13.4 Å². The van der Waals surface area contributed by atoms with Gasteiger partial charge in [0.25, 0.3) is 0 Å². The van der Waals surface area contributed by atoms with Crippen LogP contribution in [-0.2, 0) is 27.4 Å². The van der Waals surface area contributed by atoms with Gasteiger partial charge in [-0.3, -0.25) is 9.78 Å². The molecule has 3 N–H and O–H groups in total. The first-order valence-corrected chi connectivity index (χ1v) is 12.8. The van der Waals surface area contributed by atoms with E-state index in [1.54, 1.807) is 0 Å². The number of pyridine rings is 2. The molecule has 0 aliphatic rings. The van der Waals surface area contributed by atoms with Crippen LogP contribution >= 0.6 is 0 Å². The lowest BCUT2D eigenvalue weighted by Gasteiger charge is -2.17. The number of halogens is 4. The molecule has 0 saturated carbocycles. The van der Waals surface area contributed by atoms with Crippen molar-refractivity contribution in [3.8, 4) is 17.0 Å². The van der Waals surface area contributed by atoms with Gasteiger partial charge in [0.1, 0.15) is 22.6 Å². The minimum Gasteiger partial charge on any atom is -0.495 e. The number of rotatable bonds is 8. The Bertz CT molecular complexity index is 1410. The highest BCUT2D eigenvalue weighted by Crippen LogP contribution is 2.32. The van der Waals surface area contributed by atoms with Crippen LogP contribution in [0.4, 0.5) is 17.6 Å². The first kappa shape index (κ1) is 28.0. The summed E-state index contributed by atoms with van der Waals surface area (Å²) in [4.78, 5) is 20.5. The van der Waals surface area contributed by atoms with Crippen molar-refractivity contribution in [2.45, 2.75) is 30.9 Å². The van der Waals surface area contributed by atoms with Gasteiger partial charge >= 0.3 is 6.18 Å². The summed E-state index contributed by atoms with van der Waals surface area (Å²) in [5.74, 6) is -1.99. The lowest BCUT2D eigenvalue weighted by molar-refractivity contribution is -0.141. The zero-order valence-corrected chi connectivity index (χ0v) is 20.8. The van der Waals surface area contributed by atoms with E-state index < -0.39 is 44.7 Å². The number of benzene rings is 1. The largest absolute Gasteiger partial charge is 0.495 e. The lowest BCUT2D eigenvalue weighted by Crippen LogP contribution is -2.28. The fraction of sp³-hybridized carbons (Fsp3) is 0.292. The standard InChI is InChI=1S/C24H24F4N4O4S/c1-13(14-4-6-18(19(25)9-14)22(29)37(3,34)35)23(33)31-11-15-5-7-20(24(26,27)28)32-21(15)16-8-17(36-2)12-30-10-16/h4-10,12-13,22H,11,29H2,1-3H3,(H,31,33). The molecule has 0 aliphatic heterocycles. The van der Waals surface area contributed by atoms with E-state index in [2.05, 4.69) is 15.3 Å². The zero-order valence-electron chi connectivity index (χ0n) is 20.0. The van der Waals surface area contributed by atoms with Gasteiger partial charge in [0.2, 0.25) is 5.91 Å². The Morgan fingerprint density at radius 3 is 2.46 bits per heavy atom. The second-order valence-electron chi connectivity index (χ2n) is 8.29. The molecular weight excluding hydrogens is 516 g/mol. The van der Waals surface area contributed by atoms with Crippen molar-refractivity contribution in [1.29, 1.82) is 0 Å². The Morgan fingerprint density at radius 1 is 1.16 bits per heavy atom. The quantitative estimate of drug-likeness (QED) is 0.417. The van der Waals surface area contributed by atoms with Crippen LogP contribution in [0.15, 0.2) is 48.8 Å². The molecule has 1 aromatic carbocycles. The average molecular weight is 541 g/mol. The molecule has 1 amide bonds. The van der Waals surface area contributed by atoms with Crippen LogP contribution in [0, 0.1) is 5.82 Å². The van der Waals surface area contributed by atoms with Gasteiger partial charge < -0.3 is 15.8 Å². The molecule has 0 saturated heterocycles. The number of alkyl halides is 3. The Labute approximate surface area is 210 Å². The van der Waals surface area contributed by atoms with E-state index in [-0.39, 0.29) is 34.5 Å². The van der Waals surface area contributed by atoms with E-state index >= 15 is 0 Å². The summed E-state index contributed by atoms with van der Waals surface area (Å²) in [6, 6.07) is 7.10. The summed E-state index contributed by atoms with van der Waals surface area (Å²) in [6.45, 7) is 1.32. The summed E-state index contributed by atoms with van der Waals surface area (Å²) in [5.41, 5.74) is 4.99. The maximum Gasteiger partial charge on any atom is 0.433 e. The number of nitrogens with two attached hydrogens (primary N) is 1. The van der Waals surface area contributed by atoms with Crippen LogP contribution in [0.3, 0.4) is 0 Å². The molecule has 0 radical (unpaired) electrons. The summed E-state index contributed by atoms with van der Waals surface area (Å²) in [6.07, 6.45) is -1.10. The van der Waals surface area contributed by atoms with Crippen molar-refractivity contribution in [3.05, 3.63) is 77.0 Å². The molecule has 13 heteroatoms. The molecule has 37 heavy (non-hydrogen) atoms. The zero-order chi connectivity index (χ0) is 27.5. The molecule has 0 bridgehead atoms. The molecule has 0 aliphatic carbocycles. The minimum absolute atomic E-state index is 0.0423. The second-order valence-corrected chi connectivity index (χ2v) is 10.5. The molecule has 0 fully saturated rings. The Balaban J connectivity index is 1.85. The second kappa shape index (κ2) is 10.8. The molecule has 198 valence electrons. The maximum absolute atomic E-state index is 14.5. The minimum atomic E-state index is -4.69. The summed E-state index contributed by atoms with van der Waals surface area (Å²) >= 11 is 0. The van der Waals surface area contributed by atoms with Gasteiger partial charge in [-0.25, -0.2) is 17.8 Å². The third-order valence-electron chi connectivity index (χ3n) is 5.63. The molecule has 2 heterocycles. The maximum atomic E-state index is 14.5. The summed E-state index contributed by atoms with van der Waals surface area (Å²) in [7, 11) is -2.36. The van der Waals surface area contributed by atoms with E-state index in [1.807, 2.05) is 0 Å². The van der Waals surface area contributed by atoms with Gasteiger partial charge in [-0.05, 0) is 36.2 Å². The summed E-state index contributed by atoms with van der Waals surface area (Å²) in [5, 5.41) is 1.07. The normalized spacial score (nSPS) is 13.6. The molecule has 0 spiro atoms. The Morgan fingerprint density at radius 2 is 1.86 bits per heavy atom. The van der Waals surface area contributed by atoms with E-state index in [0.717, 1.165) is 18.4 Å². The van der Waals surface area contributed by atoms with E-state index in [1.165, 1.54) is 50.7 Å². The number of nitrogens with zero attached hydrogens (tertiary/aromatic N) is 2. The van der Waals surface area contributed by atoms with Crippen LogP contribution in [0.5, 0.6) is 5.75 Å². The van der Waals surface area contributed by atoms with Crippen LogP contribution in [0.2, 0.25) is 0 Å². The van der Waals surface area contributed by atoms with Crippen molar-refractivity contribution in [1.82, 2.24) is 15.3 Å². The van der Waals surface area contributed by atoms with E-state index in [9.17, 15) is 30.8 Å². The van der Waals surface area contributed by atoms with Crippen molar-refractivity contribution in [2.24, 2.45) is 5.73 Å². The number of sulfone groups is 1. The first-order chi connectivity index (χ1) is 17.2. The van der Waals surface area contributed by atoms with E-state index in [0.29, 0.717) is 5.75 Å². The number of ether oxygens (including phenoxy) is 1. The third-order valence-corrected chi connectivity index (χ3v) is 6.81. The number of hydrogen-bond acceptors (Lipinski definition) is 7. The highest BCUT2D eigenvalue weighted by Gasteiger charge is 2.33. The highest BCUT2D eigenvalue weighted by molar-refractivity contribution is 7.90. The number of methoxy groups -OCH3 is 1. The van der Waals surface area contributed by atoms with Gasteiger partial charge in [0.05, 0.1) is 24.9 Å². The topological polar surface area (TPSA) is 124 Å². The fourth-order valence-corrected chi connectivity index (χ4v) is 4.11.